The van der Waals surface area contributed by atoms with Crippen molar-refractivity contribution in [3.8, 4) is 22.4 Å². The number of hydrogen-bond acceptors (Lipinski definition) is 4. The Labute approximate surface area is 177 Å². The van der Waals surface area contributed by atoms with Gasteiger partial charge in [0.1, 0.15) is 0 Å². The third kappa shape index (κ3) is 3.77. The summed E-state index contributed by atoms with van der Waals surface area (Å²) in [7, 11) is 0. The summed E-state index contributed by atoms with van der Waals surface area (Å²) in [6.07, 6.45) is 5.61. The molecule has 0 atom stereocenters. The molecule has 148 valence electrons. The second kappa shape index (κ2) is 8.37. The van der Waals surface area contributed by atoms with E-state index in [0.29, 0.717) is 0 Å². The van der Waals surface area contributed by atoms with Crippen LogP contribution in [0.15, 0.2) is 97.5 Å². The molecule has 3 heterocycles. The second-order valence-electron chi connectivity index (χ2n) is 7.49. The summed E-state index contributed by atoms with van der Waals surface area (Å²) in [5, 5.41) is 0. The maximum absolute atomic E-state index is 4.74. The lowest BCUT2D eigenvalue weighted by molar-refractivity contribution is 0.653. The zero-order valence-corrected chi connectivity index (χ0v) is 16.9. The third-order valence-electron chi connectivity index (χ3n) is 5.70. The average Bonchev–Trinajstić information content (AvgIpc) is 2.85. The number of hydrogen-bond donors (Lipinski definition) is 0. The van der Waals surface area contributed by atoms with Crippen LogP contribution >= 0.6 is 0 Å². The molecule has 30 heavy (non-hydrogen) atoms. The van der Waals surface area contributed by atoms with Crippen LogP contribution in [0.4, 0.5) is 11.4 Å². The van der Waals surface area contributed by atoms with Gasteiger partial charge in [-0.15, -0.1) is 0 Å². The SMILES string of the molecule is c1ccc(-c2ccc(-c3ncccc3N3CCN(c4ccncc4)CC3)cc2)cc1. The summed E-state index contributed by atoms with van der Waals surface area (Å²) >= 11 is 0. The lowest BCUT2D eigenvalue weighted by Gasteiger charge is -2.37. The van der Waals surface area contributed by atoms with Crippen LogP contribution in [-0.2, 0) is 0 Å². The van der Waals surface area contributed by atoms with Crippen LogP contribution in [0.25, 0.3) is 22.4 Å². The molecular weight excluding hydrogens is 368 g/mol. The predicted octanol–water partition coefficient (Wildman–Crippen LogP) is 5.14. The van der Waals surface area contributed by atoms with Gasteiger partial charge in [0.15, 0.2) is 0 Å². The van der Waals surface area contributed by atoms with Gasteiger partial charge in [0.25, 0.3) is 0 Å². The van der Waals surface area contributed by atoms with Gasteiger partial charge in [-0.3, -0.25) is 9.97 Å². The fourth-order valence-corrected chi connectivity index (χ4v) is 4.09. The number of piperazine rings is 1. The molecule has 1 aliphatic rings. The van der Waals surface area contributed by atoms with E-state index in [-0.39, 0.29) is 0 Å². The van der Waals surface area contributed by atoms with E-state index < -0.39 is 0 Å². The molecule has 4 nitrogen and oxygen atoms in total. The molecule has 0 unspecified atom stereocenters. The van der Waals surface area contributed by atoms with Crippen LogP contribution in [0.5, 0.6) is 0 Å². The first-order chi connectivity index (χ1) is 14.9. The minimum absolute atomic E-state index is 0.975. The van der Waals surface area contributed by atoms with Crippen LogP contribution in [0.2, 0.25) is 0 Å². The zero-order chi connectivity index (χ0) is 20.2. The Morgan fingerprint density at radius 3 is 1.90 bits per heavy atom. The maximum Gasteiger partial charge on any atom is 0.0935 e. The van der Waals surface area contributed by atoms with Crippen molar-refractivity contribution in [2.75, 3.05) is 36.0 Å². The van der Waals surface area contributed by atoms with Crippen LogP contribution in [0.3, 0.4) is 0 Å². The molecule has 0 aliphatic carbocycles. The molecule has 0 amide bonds. The number of benzene rings is 2. The van der Waals surface area contributed by atoms with E-state index in [0.717, 1.165) is 37.4 Å². The van der Waals surface area contributed by atoms with Crippen molar-refractivity contribution in [2.24, 2.45) is 0 Å². The highest BCUT2D eigenvalue weighted by atomic mass is 15.3. The van der Waals surface area contributed by atoms with Crippen molar-refractivity contribution in [3.05, 3.63) is 97.5 Å². The number of pyridine rings is 2. The highest BCUT2D eigenvalue weighted by Crippen LogP contribution is 2.31. The molecule has 1 fully saturated rings. The summed E-state index contributed by atoms with van der Waals surface area (Å²) in [6.45, 7) is 3.93. The zero-order valence-electron chi connectivity index (χ0n) is 16.9. The topological polar surface area (TPSA) is 32.3 Å². The van der Waals surface area contributed by atoms with Crippen molar-refractivity contribution in [3.63, 3.8) is 0 Å². The van der Waals surface area contributed by atoms with Gasteiger partial charge in [-0.05, 0) is 35.4 Å². The first-order valence-corrected chi connectivity index (χ1v) is 10.4. The highest BCUT2D eigenvalue weighted by molar-refractivity contribution is 5.77. The van der Waals surface area contributed by atoms with Crippen molar-refractivity contribution in [1.82, 2.24) is 9.97 Å². The van der Waals surface area contributed by atoms with Gasteiger partial charge < -0.3 is 9.80 Å². The summed E-state index contributed by atoms with van der Waals surface area (Å²) in [4.78, 5) is 13.7. The van der Waals surface area contributed by atoms with Gasteiger partial charge in [0.2, 0.25) is 0 Å². The summed E-state index contributed by atoms with van der Waals surface area (Å²) < 4.78 is 0. The first-order valence-electron chi connectivity index (χ1n) is 10.4. The molecule has 5 rings (SSSR count). The molecule has 1 saturated heterocycles. The molecule has 0 bridgehead atoms. The van der Waals surface area contributed by atoms with Gasteiger partial charge in [-0.2, -0.15) is 0 Å². The molecule has 4 heteroatoms. The molecule has 0 spiro atoms. The van der Waals surface area contributed by atoms with E-state index in [1.165, 1.54) is 22.5 Å². The van der Waals surface area contributed by atoms with E-state index in [2.05, 4.69) is 81.5 Å². The van der Waals surface area contributed by atoms with E-state index in [9.17, 15) is 0 Å². The van der Waals surface area contributed by atoms with Gasteiger partial charge in [-0.1, -0.05) is 54.6 Å². The Hall–Kier alpha value is -3.66. The van der Waals surface area contributed by atoms with Gasteiger partial charge >= 0.3 is 0 Å². The fraction of sp³-hybridized carbons (Fsp3) is 0.154. The quantitative estimate of drug-likeness (QED) is 0.481. The average molecular weight is 393 g/mol. The van der Waals surface area contributed by atoms with Gasteiger partial charge in [0, 0.05) is 56.0 Å². The standard InChI is InChI=1S/C26H24N4/c1-2-5-21(6-3-1)22-8-10-23(11-9-22)26-25(7-4-14-28-26)30-19-17-29(18-20-30)24-12-15-27-16-13-24/h1-16H,17-20H2. The Balaban J connectivity index is 1.36. The molecule has 1 aliphatic heterocycles. The predicted molar refractivity (Wildman–Crippen MR) is 124 cm³/mol. The Morgan fingerprint density at radius 1 is 0.533 bits per heavy atom. The van der Waals surface area contributed by atoms with Crippen LogP contribution in [-0.4, -0.2) is 36.1 Å². The van der Waals surface area contributed by atoms with Crippen LogP contribution in [0, 0.1) is 0 Å². The largest absolute Gasteiger partial charge is 0.368 e. The summed E-state index contributed by atoms with van der Waals surface area (Å²) in [5.41, 5.74) is 7.11. The molecule has 0 saturated carbocycles. The van der Waals surface area contributed by atoms with Crippen molar-refractivity contribution >= 4 is 11.4 Å². The monoisotopic (exact) mass is 392 g/mol. The van der Waals surface area contributed by atoms with Crippen molar-refractivity contribution in [1.29, 1.82) is 0 Å². The molecular formula is C26H24N4. The minimum Gasteiger partial charge on any atom is -0.368 e. The molecule has 0 radical (unpaired) electrons. The number of anilines is 2. The summed E-state index contributed by atoms with van der Waals surface area (Å²) in [5.74, 6) is 0. The Morgan fingerprint density at radius 2 is 1.17 bits per heavy atom. The lowest BCUT2D eigenvalue weighted by atomic mass is 10.0. The summed E-state index contributed by atoms with van der Waals surface area (Å²) in [6, 6.07) is 27.6. The normalized spacial score (nSPS) is 14.0. The Bertz CT molecular complexity index is 1090. The van der Waals surface area contributed by atoms with E-state index in [4.69, 9.17) is 4.98 Å². The van der Waals surface area contributed by atoms with Gasteiger partial charge in [0.05, 0.1) is 11.4 Å². The van der Waals surface area contributed by atoms with Crippen LogP contribution < -0.4 is 9.80 Å². The van der Waals surface area contributed by atoms with Crippen LogP contribution in [0.1, 0.15) is 0 Å². The van der Waals surface area contributed by atoms with Crippen molar-refractivity contribution in [2.45, 2.75) is 0 Å². The maximum atomic E-state index is 4.74. The number of nitrogens with zero attached hydrogens (tertiary/aromatic N) is 4. The van der Waals surface area contributed by atoms with E-state index in [1.807, 2.05) is 30.7 Å². The molecule has 0 N–H and O–H groups in total. The van der Waals surface area contributed by atoms with Crippen molar-refractivity contribution < 1.29 is 0 Å². The van der Waals surface area contributed by atoms with E-state index in [1.54, 1.807) is 0 Å². The number of rotatable bonds is 4. The first kappa shape index (κ1) is 18.4. The molecule has 2 aromatic carbocycles. The third-order valence-corrected chi connectivity index (χ3v) is 5.70. The smallest absolute Gasteiger partial charge is 0.0935 e. The fourth-order valence-electron chi connectivity index (χ4n) is 4.09. The molecule has 2 aromatic heterocycles. The molecule has 4 aromatic rings. The second-order valence-corrected chi connectivity index (χ2v) is 7.49. The van der Waals surface area contributed by atoms with E-state index >= 15 is 0 Å². The Kier molecular flexibility index (Phi) is 5.13. The highest BCUT2D eigenvalue weighted by Gasteiger charge is 2.20. The lowest BCUT2D eigenvalue weighted by Crippen LogP contribution is -2.46. The number of aromatic nitrogens is 2. The minimum atomic E-state index is 0.975. The van der Waals surface area contributed by atoms with Gasteiger partial charge in [-0.25, -0.2) is 0 Å².